The molecule has 0 amide bonds. The summed E-state index contributed by atoms with van der Waals surface area (Å²) < 4.78 is 0. The second-order valence-electron chi connectivity index (χ2n) is 5.30. The van der Waals surface area contributed by atoms with Gasteiger partial charge in [-0.2, -0.15) is 0 Å². The number of carbonyl (C=O) groups excluding carboxylic acids is 1. The van der Waals surface area contributed by atoms with Gasteiger partial charge in [-0.15, -0.1) is 0 Å². The van der Waals surface area contributed by atoms with E-state index < -0.39 is 0 Å². The fraction of sp³-hybridized carbons (Fsp3) is 0.333. The van der Waals surface area contributed by atoms with E-state index in [0.717, 1.165) is 49.7 Å². The van der Waals surface area contributed by atoms with Gasteiger partial charge in [0, 0.05) is 26.2 Å². The predicted molar refractivity (Wildman–Crippen MR) is 88.4 cm³/mol. The molecule has 1 aromatic rings. The van der Waals surface area contributed by atoms with Gasteiger partial charge in [-0.1, -0.05) is 24.4 Å². The van der Waals surface area contributed by atoms with Crippen molar-refractivity contribution in [2.45, 2.75) is 0 Å². The smallest absolute Gasteiger partial charge is 0.156 e. The average Bonchev–Trinajstić information content (AvgIpc) is 2.63. The molecule has 0 atom stereocenters. The summed E-state index contributed by atoms with van der Waals surface area (Å²) in [6.07, 6.45) is 0.835. The van der Waals surface area contributed by atoms with Crippen molar-refractivity contribution in [1.29, 1.82) is 0 Å². The van der Waals surface area contributed by atoms with Crippen molar-refractivity contribution < 1.29 is 4.79 Å². The van der Waals surface area contributed by atoms with Crippen LogP contribution in [0.25, 0.3) is 0 Å². The second kappa shape index (κ2) is 5.83. The number of hydrogen-bond acceptors (Lipinski definition) is 5. The molecule has 1 saturated heterocycles. The van der Waals surface area contributed by atoms with Crippen LogP contribution in [0.5, 0.6) is 0 Å². The highest BCUT2D eigenvalue weighted by atomic mass is 32.1. The number of likely N-dealkylation sites (N-methyl/N-ethyl adjacent to an activating group) is 1. The first-order valence-corrected chi connectivity index (χ1v) is 7.40. The molecular formula is C15H18N4OS. The van der Waals surface area contributed by atoms with Crippen LogP contribution < -0.4 is 10.6 Å². The van der Waals surface area contributed by atoms with E-state index in [0.29, 0.717) is 10.6 Å². The topological polar surface area (TPSA) is 47.6 Å². The largest absolute Gasteiger partial charge is 0.355 e. The Kier molecular flexibility index (Phi) is 3.90. The molecule has 0 bridgehead atoms. The molecule has 0 radical (unpaired) electrons. The maximum Gasteiger partial charge on any atom is 0.156 e. The standard InChI is InChI=1S/C15H18N4OS/c1-18-6-8-19(9-7-18)14-11(10-20)15(21)17-13-5-3-2-4-12(13)16-14/h2-5,10,16H,6-9H2,1H3,(H,17,21). The summed E-state index contributed by atoms with van der Waals surface area (Å²) in [6, 6.07) is 7.83. The lowest BCUT2D eigenvalue weighted by Crippen LogP contribution is -2.45. The monoisotopic (exact) mass is 302 g/mol. The molecule has 6 heteroatoms. The minimum atomic E-state index is 0.469. The Hall–Kier alpha value is -1.92. The second-order valence-corrected chi connectivity index (χ2v) is 5.70. The van der Waals surface area contributed by atoms with Crippen LogP contribution in [-0.4, -0.2) is 54.3 Å². The number of thiocarbonyl (C=S) groups is 1. The molecular weight excluding hydrogens is 284 g/mol. The zero-order valence-electron chi connectivity index (χ0n) is 11.9. The summed E-state index contributed by atoms with van der Waals surface area (Å²) in [5, 5.41) is 6.53. The van der Waals surface area contributed by atoms with E-state index in [1.165, 1.54) is 0 Å². The van der Waals surface area contributed by atoms with Gasteiger partial charge in [0.15, 0.2) is 6.29 Å². The van der Waals surface area contributed by atoms with Gasteiger partial charge in [0.05, 0.1) is 16.9 Å². The van der Waals surface area contributed by atoms with Crippen LogP contribution in [0.15, 0.2) is 35.7 Å². The minimum absolute atomic E-state index is 0.469. The van der Waals surface area contributed by atoms with Gasteiger partial charge in [0.25, 0.3) is 0 Å². The van der Waals surface area contributed by atoms with Crippen molar-refractivity contribution in [3.8, 4) is 0 Å². The van der Waals surface area contributed by atoms with Crippen LogP contribution in [0.1, 0.15) is 0 Å². The molecule has 0 saturated carbocycles. The number of nitrogens with one attached hydrogen (secondary N) is 2. The molecule has 0 unspecified atom stereocenters. The van der Waals surface area contributed by atoms with E-state index in [-0.39, 0.29) is 0 Å². The Labute approximate surface area is 129 Å². The van der Waals surface area contributed by atoms with E-state index in [2.05, 4.69) is 27.5 Å². The Bertz CT molecular complexity index is 605. The molecule has 1 aromatic carbocycles. The van der Waals surface area contributed by atoms with Crippen molar-refractivity contribution >= 4 is 34.9 Å². The number of carbonyl (C=O) groups is 1. The number of benzene rings is 1. The van der Waals surface area contributed by atoms with Crippen LogP contribution in [0, 0.1) is 0 Å². The zero-order chi connectivity index (χ0) is 14.8. The first kappa shape index (κ1) is 14.0. The van der Waals surface area contributed by atoms with Crippen molar-refractivity contribution in [2.24, 2.45) is 0 Å². The number of aldehydes is 1. The molecule has 0 spiro atoms. The van der Waals surface area contributed by atoms with Gasteiger partial charge in [-0.3, -0.25) is 4.79 Å². The van der Waals surface area contributed by atoms with Gasteiger partial charge in [0.1, 0.15) is 10.8 Å². The number of fused-ring (bicyclic) bond motifs is 1. The maximum absolute atomic E-state index is 11.5. The molecule has 110 valence electrons. The Morgan fingerprint density at radius 2 is 1.71 bits per heavy atom. The zero-order valence-corrected chi connectivity index (χ0v) is 12.7. The number of anilines is 2. The molecule has 3 rings (SSSR count). The van der Waals surface area contributed by atoms with Gasteiger partial charge in [-0.05, 0) is 19.2 Å². The summed E-state index contributed by atoms with van der Waals surface area (Å²) in [7, 11) is 2.11. The summed E-state index contributed by atoms with van der Waals surface area (Å²) in [5.74, 6) is 0.806. The third-order valence-electron chi connectivity index (χ3n) is 3.87. The molecule has 2 heterocycles. The number of hydrogen-bond donors (Lipinski definition) is 2. The first-order valence-electron chi connectivity index (χ1n) is 6.99. The molecule has 2 aliphatic rings. The highest BCUT2D eigenvalue weighted by Crippen LogP contribution is 2.28. The van der Waals surface area contributed by atoms with Gasteiger partial charge in [0.2, 0.25) is 0 Å². The third-order valence-corrected chi connectivity index (χ3v) is 4.19. The lowest BCUT2D eigenvalue weighted by molar-refractivity contribution is -0.104. The van der Waals surface area contributed by atoms with E-state index in [1.54, 1.807) is 0 Å². The first-order chi connectivity index (χ1) is 10.2. The van der Waals surface area contributed by atoms with Gasteiger partial charge < -0.3 is 20.4 Å². The summed E-state index contributed by atoms with van der Waals surface area (Å²) >= 11 is 5.38. The molecule has 1 fully saturated rings. The SMILES string of the molecule is CN1CCN(C2=C(C=O)C(=S)Nc3ccccc3N2)CC1. The molecule has 21 heavy (non-hydrogen) atoms. The van der Waals surface area contributed by atoms with E-state index in [4.69, 9.17) is 12.2 Å². The van der Waals surface area contributed by atoms with Crippen molar-refractivity contribution in [1.82, 2.24) is 9.80 Å². The normalized spacial score (nSPS) is 19.5. The maximum atomic E-state index is 11.5. The highest BCUT2D eigenvalue weighted by molar-refractivity contribution is 7.81. The van der Waals surface area contributed by atoms with E-state index >= 15 is 0 Å². The van der Waals surface area contributed by atoms with Crippen LogP contribution in [0.4, 0.5) is 11.4 Å². The van der Waals surface area contributed by atoms with E-state index in [9.17, 15) is 4.79 Å². The number of para-hydroxylation sites is 2. The lowest BCUT2D eigenvalue weighted by Gasteiger charge is -2.36. The van der Waals surface area contributed by atoms with Crippen LogP contribution in [0.2, 0.25) is 0 Å². The number of nitrogens with zero attached hydrogens (tertiary/aromatic N) is 2. The lowest BCUT2D eigenvalue weighted by atomic mass is 10.2. The molecule has 5 nitrogen and oxygen atoms in total. The third kappa shape index (κ3) is 2.77. The van der Waals surface area contributed by atoms with Crippen LogP contribution in [-0.2, 0) is 4.79 Å². The molecule has 2 aliphatic heterocycles. The van der Waals surface area contributed by atoms with Crippen LogP contribution >= 0.6 is 12.2 Å². The Morgan fingerprint density at radius 3 is 2.33 bits per heavy atom. The Morgan fingerprint density at radius 1 is 1.10 bits per heavy atom. The summed E-state index contributed by atoms with van der Waals surface area (Å²) in [4.78, 5) is 16.5. The van der Waals surface area contributed by atoms with Crippen LogP contribution in [0.3, 0.4) is 0 Å². The summed E-state index contributed by atoms with van der Waals surface area (Å²) in [5.41, 5.74) is 2.35. The van der Waals surface area contributed by atoms with Gasteiger partial charge in [-0.25, -0.2) is 0 Å². The predicted octanol–water partition coefficient (Wildman–Crippen LogP) is 1.51. The molecule has 0 aromatic heterocycles. The molecule has 2 N–H and O–H groups in total. The van der Waals surface area contributed by atoms with E-state index in [1.807, 2.05) is 24.3 Å². The fourth-order valence-corrected chi connectivity index (χ4v) is 2.84. The number of piperazine rings is 1. The van der Waals surface area contributed by atoms with Crippen molar-refractivity contribution in [3.63, 3.8) is 0 Å². The van der Waals surface area contributed by atoms with Crippen molar-refractivity contribution in [3.05, 3.63) is 35.7 Å². The highest BCUT2D eigenvalue weighted by Gasteiger charge is 2.24. The molecule has 0 aliphatic carbocycles. The Balaban J connectivity index is 1.98. The summed E-state index contributed by atoms with van der Waals surface area (Å²) in [6.45, 7) is 3.69. The fourth-order valence-electron chi connectivity index (χ4n) is 2.58. The minimum Gasteiger partial charge on any atom is -0.355 e. The average molecular weight is 302 g/mol. The quantitative estimate of drug-likeness (QED) is 0.638. The van der Waals surface area contributed by atoms with Crippen molar-refractivity contribution in [2.75, 3.05) is 43.9 Å². The van der Waals surface area contributed by atoms with Gasteiger partial charge >= 0.3 is 0 Å². The number of rotatable bonds is 2.